The number of amides is 1. The molecule has 0 bridgehead atoms. The molecule has 1 aromatic rings. The van der Waals surface area contributed by atoms with Gasteiger partial charge in [0, 0.05) is 13.6 Å². The molecule has 1 heterocycles. The van der Waals surface area contributed by atoms with E-state index >= 15 is 0 Å². The molecule has 1 aromatic carbocycles. The van der Waals surface area contributed by atoms with Gasteiger partial charge >= 0.3 is 5.97 Å². The smallest absolute Gasteiger partial charge is 0.312 e. The van der Waals surface area contributed by atoms with Crippen molar-refractivity contribution < 1.29 is 24.2 Å². The number of rotatable bonds is 4. The summed E-state index contributed by atoms with van der Waals surface area (Å²) in [5.74, 6) is -0.234. The van der Waals surface area contributed by atoms with Gasteiger partial charge in [-0.15, -0.1) is 0 Å². The molecule has 6 nitrogen and oxygen atoms in total. The van der Waals surface area contributed by atoms with E-state index in [1.165, 1.54) is 4.90 Å². The predicted octanol–water partition coefficient (Wildman–Crippen LogP) is 0.848. The van der Waals surface area contributed by atoms with E-state index in [2.05, 4.69) is 0 Å². The molecule has 0 unspecified atom stereocenters. The third-order valence-electron chi connectivity index (χ3n) is 2.58. The third-order valence-corrected chi connectivity index (χ3v) is 2.58. The van der Waals surface area contributed by atoms with Crippen molar-refractivity contribution in [3.05, 3.63) is 23.8 Å². The number of nitrogens with zero attached hydrogens (tertiary/aromatic N) is 1. The van der Waals surface area contributed by atoms with Crippen LogP contribution in [-0.4, -0.2) is 35.7 Å². The quantitative estimate of drug-likeness (QED) is 0.803. The number of carboxylic acids is 1. The first kappa shape index (κ1) is 12.2. The highest BCUT2D eigenvalue weighted by molar-refractivity contribution is 5.93. The van der Waals surface area contributed by atoms with Gasteiger partial charge in [-0.05, 0) is 17.7 Å². The number of hydrogen-bond donors (Lipinski definition) is 1. The van der Waals surface area contributed by atoms with E-state index in [9.17, 15) is 9.59 Å². The molecule has 1 aliphatic heterocycles. The van der Waals surface area contributed by atoms with Gasteiger partial charge in [0.25, 0.3) is 0 Å². The summed E-state index contributed by atoms with van der Waals surface area (Å²) < 4.78 is 10.4. The van der Waals surface area contributed by atoms with Crippen molar-refractivity contribution in [1.82, 2.24) is 4.90 Å². The summed E-state index contributed by atoms with van der Waals surface area (Å²) in [6, 6.07) is 5.37. The van der Waals surface area contributed by atoms with Crippen LogP contribution in [0.5, 0.6) is 11.5 Å². The SMILES string of the molecule is CN(Cc1ccc2c(c1)OCO2)C(=O)CC(=O)O. The highest BCUT2D eigenvalue weighted by atomic mass is 16.7. The number of benzene rings is 1. The standard InChI is InChI=1S/C12H13NO5/c1-13(11(14)5-12(15)16)6-8-2-3-9-10(4-8)18-7-17-9/h2-4H,5-7H2,1H3,(H,15,16). The fraction of sp³-hybridized carbons (Fsp3) is 0.333. The van der Waals surface area contributed by atoms with Crippen molar-refractivity contribution >= 4 is 11.9 Å². The van der Waals surface area contributed by atoms with Crippen LogP contribution in [-0.2, 0) is 16.1 Å². The Kier molecular flexibility index (Phi) is 3.36. The predicted molar refractivity (Wildman–Crippen MR) is 61.3 cm³/mol. The van der Waals surface area contributed by atoms with Crippen molar-refractivity contribution in [3.8, 4) is 11.5 Å². The van der Waals surface area contributed by atoms with Crippen LogP contribution in [0.3, 0.4) is 0 Å². The maximum absolute atomic E-state index is 11.5. The van der Waals surface area contributed by atoms with Gasteiger partial charge in [-0.1, -0.05) is 6.07 Å². The molecule has 0 aliphatic carbocycles. The van der Waals surface area contributed by atoms with Gasteiger partial charge in [0.15, 0.2) is 11.5 Å². The third kappa shape index (κ3) is 2.71. The first-order valence-electron chi connectivity index (χ1n) is 5.40. The largest absolute Gasteiger partial charge is 0.481 e. The van der Waals surface area contributed by atoms with E-state index in [4.69, 9.17) is 14.6 Å². The molecule has 0 aromatic heterocycles. The monoisotopic (exact) mass is 251 g/mol. The summed E-state index contributed by atoms with van der Waals surface area (Å²) in [5.41, 5.74) is 0.862. The van der Waals surface area contributed by atoms with Crippen LogP contribution in [0.4, 0.5) is 0 Å². The van der Waals surface area contributed by atoms with Crippen LogP contribution in [0.15, 0.2) is 18.2 Å². The number of carbonyl (C=O) groups is 2. The summed E-state index contributed by atoms with van der Waals surface area (Å²) in [5, 5.41) is 8.54. The lowest BCUT2D eigenvalue weighted by atomic mass is 10.2. The Morgan fingerprint density at radius 3 is 2.78 bits per heavy atom. The van der Waals surface area contributed by atoms with Crippen LogP contribution in [0, 0.1) is 0 Å². The van der Waals surface area contributed by atoms with E-state index in [-0.39, 0.29) is 6.79 Å². The summed E-state index contributed by atoms with van der Waals surface area (Å²) in [7, 11) is 1.57. The minimum atomic E-state index is -1.13. The Balaban J connectivity index is 2.01. The zero-order valence-electron chi connectivity index (χ0n) is 9.88. The minimum absolute atomic E-state index is 0.201. The molecule has 2 rings (SSSR count). The zero-order valence-corrected chi connectivity index (χ0v) is 9.88. The second-order valence-corrected chi connectivity index (χ2v) is 4.01. The second-order valence-electron chi connectivity index (χ2n) is 4.01. The summed E-state index contributed by atoms with van der Waals surface area (Å²) in [6.45, 7) is 0.537. The van der Waals surface area contributed by atoms with E-state index in [0.717, 1.165) is 5.56 Å². The lowest BCUT2D eigenvalue weighted by molar-refractivity contribution is -0.143. The first-order chi connectivity index (χ1) is 8.56. The van der Waals surface area contributed by atoms with E-state index in [1.54, 1.807) is 19.2 Å². The van der Waals surface area contributed by atoms with E-state index in [1.807, 2.05) is 6.07 Å². The van der Waals surface area contributed by atoms with Crippen LogP contribution in [0.1, 0.15) is 12.0 Å². The molecule has 1 amide bonds. The zero-order chi connectivity index (χ0) is 13.1. The van der Waals surface area contributed by atoms with E-state index < -0.39 is 18.3 Å². The van der Waals surface area contributed by atoms with Gasteiger partial charge in [0.05, 0.1) is 0 Å². The first-order valence-corrected chi connectivity index (χ1v) is 5.40. The molecule has 0 saturated carbocycles. The number of fused-ring (bicyclic) bond motifs is 1. The van der Waals surface area contributed by atoms with Crippen molar-refractivity contribution in [2.45, 2.75) is 13.0 Å². The van der Waals surface area contributed by atoms with Crippen LogP contribution < -0.4 is 9.47 Å². The maximum Gasteiger partial charge on any atom is 0.312 e. The van der Waals surface area contributed by atoms with Gasteiger partial charge in [-0.3, -0.25) is 9.59 Å². The molecule has 0 spiro atoms. The van der Waals surface area contributed by atoms with Crippen molar-refractivity contribution in [2.75, 3.05) is 13.8 Å². The highest BCUT2D eigenvalue weighted by Crippen LogP contribution is 2.32. The molecular formula is C12H13NO5. The normalized spacial score (nSPS) is 12.3. The maximum atomic E-state index is 11.5. The average Bonchev–Trinajstić information content (AvgIpc) is 2.75. The van der Waals surface area contributed by atoms with Crippen LogP contribution in [0.25, 0.3) is 0 Å². The molecule has 96 valence electrons. The van der Waals surface area contributed by atoms with Gasteiger partial charge < -0.3 is 19.5 Å². The lowest BCUT2D eigenvalue weighted by Crippen LogP contribution is -2.27. The topological polar surface area (TPSA) is 76.1 Å². The number of carbonyl (C=O) groups excluding carboxylic acids is 1. The fourth-order valence-electron chi connectivity index (χ4n) is 1.67. The average molecular weight is 251 g/mol. The van der Waals surface area contributed by atoms with Crippen molar-refractivity contribution in [2.24, 2.45) is 0 Å². The fourth-order valence-corrected chi connectivity index (χ4v) is 1.67. The number of carboxylic acid groups (broad SMARTS) is 1. The summed E-state index contributed by atoms with van der Waals surface area (Å²) >= 11 is 0. The van der Waals surface area contributed by atoms with Crippen LogP contribution in [0.2, 0.25) is 0 Å². The number of aliphatic carboxylic acids is 1. The Labute approximate surface area is 104 Å². The summed E-state index contributed by atoms with van der Waals surface area (Å²) in [6.07, 6.45) is -0.499. The molecule has 0 fully saturated rings. The van der Waals surface area contributed by atoms with Crippen LogP contribution >= 0.6 is 0 Å². The molecule has 6 heteroatoms. The van der Waals surface area contributed by atoms with Gasteiger partial charge in [-0.2, -0.15) is 0 Å². The van der Waals surface area contributed by atoms with Gasteiger partial charge in [0.1, 0.15) is 6.42 Å². The Hall–Kier alpha value is -2.24. The molecular weight excluding hydrogens is 238 g/mol. The molecule has 0 radical (unpaired) electrons. The highest BCUT2D eigenvalue weighted by Gasteiger charge is 2.16. The number of ether oxygens (including phenoxy) is 2. The molecule has 0 saturated heterocycles. The Morgan fingerprint density at radius 1 is 1.33 bits per heavy atom. The van der Waals surface area contributed by atoms with Gasteiger partial charge in [-0.25, -0.2) is 0 Å². The van der Waals surface area contributed by atoms with Crippen molar-refractivity contribution in [3.63, 3.8) is 0 Å². The van der Waals surface area contributed by atoms with E-state index in [0.29, 0.717) is 18.0 Å². The summed E-state index contributed by atoms with van der Waals surface area (Å²) in [4.78, 5) is 23.3. The minimum Gasteiger partial charge on any atom is -0.481 e. The molecule has 0 atom stereocenters. The molecule has 18 heavy (non-hydrogen) atoms. The lowest BCUT2D eigenvalue weighted by Gasteiger charge is -2.16. The Morgan fingerprint density at radius 2 is 2.06 bits per heavy atom. The second kappa shape index (κ2) is 4.95. The molecule has 1 N–H and O–H groups in total. The van der Waals surface area contributed by atoms with Gasteiger partial charge in [0.2, 0.25) is 12.7 Å². The van der Waals surface area contributed by atoms with Crippen molar-refractivity contribution in [1.29, 1.82) is 0 Å². The Bertz CT molecular complexity index is 485. The number of hydrogen-bond acceptors (Lipinski definition) is 4. The molecule has 1 aliphatic rings.